The van der Waals surface area contributed by atoms with Crippen LogP contribution >= 0.6 is 0 Å². The molecule has 0 fully saturated rings. The van der Waals surface area contributed by atoms with E-state index in [0.29, 0.717) is 6.54 Å². The molecule has 0 aromatic heterocycles. The normalized spacial score (nSPS) is 13.5. The van der Waals surface area contributed by atoms with Crippen LogP contribution in [0.5, 0.6) is 5.75 Å². The van der Waals surface area contributed by atoms with E-state index >= 15 is 0 Å². The third kappa shape index (κ3) is 12.7. The molecule has 2 rings (SSSR count). The number of hydrogen-bond donors (Lipinski definition) is 3. The molecule has 238 valence electrons. The molecule has 0 aliphatic rings. The number of rotatable bonds is 16. The van der Waals surface area contributed by atoms with E-state index in [1.807, 2.05) is 38.1 Å². The van der Waals surface area contributed by atoms with E-state index in [1.165, 1.54) is 0 Å². The highest BCUT2D eigenvalue weighted by Crippen LogP contribution is 2.26. The molecule has 0 aliphatic heterocycles. The van der Waals surface area contributed by atoms with Gasteiger partial charge in [-0.3, -0.25) is 9.59 Å². The Hall–Kier alpha value is -3.55. The van der Waals surface area contributed by atoms with Crippen LogP contribution in [0, 0.1) is 6.92 Å². The minimum absolute atomic E-state index is 0.0565. The lowest BCUT2D eigenvalue weighted by molar-refractivity contribution is -0.142. The first-order valence-corrected chi connectivity index (χ1v) is 15.8. The number of amides is 3. The number of nitrogens with zero attached hydrogens (tertiary/aromatic N) is 1. The molecule has 3 atom stereocenters. The fraction of sp³-hybridized carbons (Fsp3) is 0.571. The number of phenols is 1. The minimum atomic E-state index is -0.997. The molecule has 8 heteroatoms. The van der Waals surface area contributed by atoms with Gasteiger partial charge >= 0.3 is 6.09 Å². The topological polar surface area (TPSA) is 108 Å². The minimum Gasteiger partial charge on any atom is -0.508 e. The molecular weight excluding hydrogens is 542 g/mol. The molecular formula is C35H53N3O5. The fourth-order valence-corrected chi connectivity index (χ4v) is 5.11. The van der Waals surface area contributed by atoms with Gasteiger partial charge in [-0.2, -0.15) is 0 Å². The van der Waals surface area contributed by atoms with Crippen LogP contribution in [0.25, 0.3) is 0 Å². The zero-order chi connectivity index (χ0) is 32.0. The maximum absolute atomic E-state index is 14.6. The van der Waals surface area contributed by atoms with Gasteiger partial charge in [0.2, 0.25) is 11.8 Å². The average molecular weight is 596 g/mol. The smallest absolute Gasteiger partial charge is 0.408 e. The number of carbonyl (C=O) groups excluding carboxylic acids is 3. The number of hydrogen-bond acceptors (Lipinski definition) is 5. The average Bonchev–Trinajstić information content (AvgIpc) is 2.91. The molecule has 0 saturated heterocycles. The highest BCUT2D eigenvalue weighted by atomic mass is 16.6. The van der Waals surface area contributed by atoms with Crippen molar-refractivity contribution in [3.05, 3.63) is 65.2 Å². The lowest BCUT2D eigenvalue weighted by atomic mass is 9.98. The molecule has 3 amide bonds. The summed E-state index contributed by atoms with van der Waals surface area (Å²) in [6.07, 6.45) is 6.10. The summed E-state index contributed by atoms with van der Waals surface area (Å²) < 4.78 is 5.53. The van der Waals surface area contributed by atoms with Gasteiger partial charge in [0.15, 0.2) is 0 Å². The number of unbranched alkanes of at least 4 members (excludes halogenated alkanes) is 4. The third-order valence-electron chi connectivity index (χ3n) is 7.18. The second-order valence-corrected chi connectivity index (χ2v) is 12.5. The molecule has 0 radical (unpaired) electrons. The van der Waals surface area contributed by atoms with E-state index in [4.69, 9.17) is 4.74 Å². The van der Waals surface area contributed by atoms with Gasteiger partial charge in [-0.1, -0.05) is 87.9 Å². The standard InChI is InChI=1S/C35H53N3O5/c1-8-10-11-12-13-22-38(31(28-17-14-16-25(3)23-28)32(40)36-26(4)15-9-2)33(41)30(37-34(42)43-35(5,6)7)24-27-18-20-29(39)21-19-27/h14,16-21,23,26,30-31,39H,8-13,15,22,24H2,1-7H3,(H,36,40)(H,37,42). The van der Waals surface area contributed by atoms with Crippen molar-refractivity contribution in [3.8, 4) is 5.75 Å². The Kier molecular flexibility index (Phi) is 14.5. The van der Waals surface area contributed by atoms with Gasteiger partial charge in [-0.15, -0.1) is 0 Å². The number of aromatic hydroxyl groups is 1. The predicted molar refractivity (Wildman–Crippen MR) is 172 cm³/mol. The van der Waals surface area contributed by atoms with Crippen molar-refractivity contribution in [1.82, 2.24) is 15.5 Å². The van der Waals surface area contributed by atoms with Gasteiger partial charge in [0.05, 0.1) is 0 Å². The number of alkyl carbamates (subject to hydrolysis) is 1. The summed E-state index contributed by atoms with van der Waals surface area (Å²) in [5.41, 5.74) is 1.71. The summed E-state index contributed by atoms with van der Waals surface area (Å²) in [7, 11) is 0. The van der Waals surface area contributed by atoms with E-state index in [9.17, 15) is 19.5 Å². The Morgan fingerprint density at radius 3 is 2.21 bits per heavy atom. The quantitative estimate of drug-likeness (QED) is 0.182. The highest BCUT2D eigenvalue weighted by Gasteiger charge is 2.36. The summed E-state index contributed by atoms with van der Waals surface area (Å²) in [5, 5.41) is 15.7. The molecule has 3 unspecified atom stereocenters. The van der Waals surface area contributed by atoms with Crippen LogP contribution < -0.4 is 10.6 Å². The summed E-state index contributed by atoms with van der Waals surface area (Å²) in [6.45, 7) is 13.8. The van der Waals surface area contributed by atoms with Gasteiger partial charge in [-0.25, -0.2) is 4.79 Å². The van der Waals surface area contributed by atoms with Gasteiger partial charge in [0, 0.05) is 19.0 Å². The number of nitrogens with one attached hydrogen (secondary N) is 2. The van der Waals surface area contributed by atoms with Crippen molar-refractivity contribution in [1.29, 1.82) is 0 Å². The van der Waals surface area contributed by atoms with E-state index in [2.05, 4.69) is 24.5 Å². The molecule has 2 aromatic carbocycles. The molecule has 43 heavy (non-hydrogen) atoms. The van der Waals surface area contributed by atoms with Crippen molar-refractivity contribution in [2.24, 2.45) is 0 Å². The summed E-state index contributed by atoms with van der Waals surface area (Å²) in [5.74, 6) is -0.494. The summed E-state index contributed by atoms with van der Waals surface area (Å²) in [4.78, 5) is 43.2. The monoisotopic (exact) mass is 595 g/mol. The van der Waals surface area contributed by atoms with Gasteiger partial charge in [-0.05, 0) is 70.7 Å². The summed E-state index contributed by atoms with van der Waals surface area (Å²) in [6, 6.07) is 12.3. The Morgan fingerprint density at radius 1 is 0.930 bits per heavy atom. The van der Waals surface area contributed by atoms with Crippen LogP contribution in [-0.4, -0.2) is 52.1 Å². The van der Waals surface area contributed by atoms with Crippen molar-refractivity contribution in [3.63, 3.8) is 0 Å². The molecule has 0 bridgehead atoms. The number of carbonyl (C=O) groups is 3. The molecule has 8 nitrogen and oxygen atoms in total. The van der Waals surface area contributed by atoms with Gasteiger partial charge in [0.1, 0.15) is 23.4 Å². The zero-order valence-corrected chi connectivity index (χ0v) is 27.2. The Balaban J connectivity index is 2.56. The molecule has 3 N–H and O–H groups in total. The van der Waals surface area contributed by atoms with Crippen LogP contribution in [0.4, 0.5) is 4.79 Å². The maximum Gasteiger partial charge on any atom is 0.408 e. The molecule has 0 aliphatic carbocycles. The zero-order valence-electron chi connectivity index (χ0n) is 27.2. The summed E-state index contributed by atoms with van der Waals surface area (Å²) >= 11 is 0. The van der Waals surface area contributed by atoms with Gasteiger partial charge < -0.3 is 25.4 Å². The fourth-order valence-electron chi connectivity index (χ4n) is 5.11. The second-order valence-electron chi connectivity index (χ2n) is 12.5. The first kappa shape index (κ1) is 35.6. The Labute approximate surface area is 258 Å². The largest absolute Gasteiger partial charge is 0.508 e. The van der Waals surface area contributed by atoms with E-state index in [0.717, 1.165) is 61.6 Å². The van der Waals surface area contributed by atoms with Crippen molar-refractivity contribution in [2.45, 2.75) is 124 Å². The molecule has 0 saturated carbocycles. The first-order chi connectivity index (χ1) is 20.3. The number of phenolic OH excluding ortho intramolecular Hbond substituents is 1. The third-order valence-corrected chi connectivity index (χ3v) is 7.18. The SMILES string of the molecule is CCCCCCCN(C(=O)C(Cc1ccc(O)cc1)NC(=O)OC(C)(C)C)C(C(=O)NC(C)CCC)c1cccc(C)c1. The van der Waals surface area contributed by atoms with Crippen LogP contribution in [0.1, 0.15) is 109 Å². The van der Waals surface area contributed by atoms with Crippen LogP contribution in [-0.2, 0) is 20.7 Å². The number of aryl methyl sites for hydroxylation is 1. The van der Waals surface area contributed by atoms with Crippen molar-refractivity contribution < 1.29 is 24.2 Å². The van der Waals surface area contributed by atoms with E-state index < -0.39 is 23.8 Å². The Bertz CT molecular complexity index is 1160. The van der Waals surface area contributed by atoms with Crippen LogP contribution in [0.2, 0.25) is 0 Å². The Morgan fingerprint density at radius 2 is 1.60 bits per heavy atom. The van der Waals surface area contributed by atoms with E-state index in [-0.39, 0.29) is 30.0 Å². The van der Waals surface area contributed by atoms with Gasteiger partial charge in [0.25, 0.3) is 0 Å². The lowest BCUT2D eigenvalue weighted by Gasteiger charge is -2.35. The number of benzene rings is 2. The second kappa shape index (κ2) is 17.5. The number of ether oxygens (including phenoxy) is 1. The van der Waals surface area contributed by atoms with Crippen molar-refractivity contribution in [2.75, 3.05) is 6.54 Å². The first-order valence-electron chi connectivity index (χ1n) is 15.8. The molecule has 0 spiro atoms. The van der Waals surface area contributed by atoms with Crippen LogP contribution in [0.15, 0.2) is 48.5 Å². The van der Waals surface area contributed by atoms with Crippen molar-refractivity contribution >= 4 is 17.9 Å². The maximum atomic E-state index is 14.6. The highest BCUT2D eigenvalue weighted by molar-refractivity contribution is 5.92. The lowest BCUT2D eigenvalue weighted by Crippen LogP contribution is -2.54. The molecule has 0 heterocycles. The van der Waals surface area contributed by atoms with Crippen LogP contribution in [0.3, 0.4) is 0 Å². The van der Waals surface area contributed by atoms with E-state index in [1.54, 1.807) is 49.9 Å². The molecule has 2 aromatic rings. The predicted octanol–water partition coefficient (Wildman–Crippen LogP) is 6.98.